The number of rotatable bonds is 6. The number of phenols is 2. The third-order valence-corrected chi connectivity index (χ3v) is 7.56. The van der Waals surface area contributed by atoms with E-state index in [0.717, 1.165) is 4.88 Å². The molecule has 3 heterocycles. The minimum absolute atomic E-state index is 0.0213. The number of ketones is 3. The minimum Gasteiger partial charge on any atom is -0.507 e. The Balaban J connectivity index is 1.47. The van der Waals surface area contributed by atoms with Crippen LogP contribution >= 0.6 is 11.3 Å². The number of hydrogen-bond acceptors (Lipinski definition) is 11. The van der Waals surface area contributed by atoms with E-state index in [2.05, 4.69) is 15.5 Å². The number of allylic oxidation sites excluding steroid dienone is 4. The third kappa shape index (κ3) is 3.73. The van der Waals surface area contributed by atoms with Crippen molar-refractivity contribution in [3.63, 3.8) is 0 Å². The number of nitrogens with zero attached hydrogens (tertiary/aromatic N) is 2. The van der Waals surface area contributed by atoms with Gasteiger partial charge in [0.2, 0.25) is 5.89 Å². The maximum atomic E-state index is 13.8. The summed E-state index contributed by atoms with van der Waals surface area (Å²) in [6.07, 6.45) is 1.70. The summed E-state index contributed by atoms with van der Waals surface area (Å²) in [6, 6.07) is 3.91. The van der Waals surface area contributed by atoms with Crippen molar-refractivity contribution in [2.45, 2.75) is 46.1 Å². The molecule has 3 aromatic rings. The number of thiophene rings is 1. The molecule has 37 heavy (non-hydrogen) atoms. The number of benzene rings is 1. The highest BCUT2D eigenvalue weighted by Gasteiger charge is 2.56. The molecule has 0 unspecified atom stereocenters. The molecule has 1 atom stereocenters. The van der Waals surface area contributed by atoms with Crippen molar-refractivity contribution in [1.82, 2.24) is 15.5 Å². The number of carbonyl (C=O) groups excluding carboxylic acids is 3. The van der Waals surface area contributed by atoms with Gasteiger partial charge >= 0.3 is 0 Å². The molecule has 2 aliphatic rings. The summed E-state index contributed by atoms with van der Waals surface area (Å²) in [5.41, 5.74) is -1.51. The second-order valence-electron chi connectivity index (χ2n) is 9.10. The molecule has 190 valence electrons. The van der Waals surface area contributed by atoms with Crippen LogP contribution in [0.15, 0.2) is 45.1 Å². The highest BCUT2D eigenvalue weighted by molar-refractivity contribution is 7.09. The largest absolute Gasteiger partial charge is 0.507 e. The van der Waals surface area contributed by atoms with E-state index >= 15 is 0 Å². The van der Waals surface area contributed by atoms with Crippen molar-refractivity contribution in [3.8, 4) is 17.2 Å². The van der Waals surface area contributed by atoms with Crippen molar-refractivity contribution >= 4 is 28.7 Å². The fourth-order valence-corrected chi connectivity index (χ4v) is 5.36. The molecule has 1 aliphatic carbocycles. The van der Waals surface area contributed by atoms with Crippen LogP contribution < -0.4 is 10.1 Å². The van der Waals surface area contributed by atoms with Crippen molar-refractivity contribution in [2.75, 3.05) is 0 Å². The fraction of sp³-hybridized carbons (Fsp3) is 0.269. The molecular weight excluding hydrogens is 498 g/mol. The van der Waals surface area contributed by atoms with Crippen LogP contribution in [0.25, 0.3) is 0 Å². The Morgan fingerprint density at radius 1 is 1.22 bits per heavy atom. The van der Waals surface area contributed by atoms with Crippen LogP contribution in [0.3, 0.4) is 0 Å². The summed E-state index contributed by atoms with van der Waals surface area (Å²) in [7, 11) is 0. The van der Waals surface area contributed by atoms with Crippen LogP contribution in [0.5, 0.6) is 17.2 Å². The zero-order chi connectivity index (χ0) is 26.6. The first-order chi connectivity index (χ1) is 17.5. The summed E-state index contributed by atoms with van der Waals surface area (Å²) in [4.78, 5) is 44.6. The molecule has 0 saturated carbocycles. The van der Waals surface area contributed by atoms with Gasteiger partial charge in [-0.3, -0.25) is 14.4 Å². The SMILES string of the molecule is CC(=O)c1c(O)c(C)c(O)c2c1OC1=CC(=O)C(=C(C)NCc3nc(Cc4cccs4)no3)C(=O)[C@@]12C. The van der Waals surface area contributed by atoms with Crippen molar-refractivity contribution < 1.29 is 33.9 Å². The molecule has 0 radical (unpaired) electrons. The van der Waals surface area contributed by atoms with Crippen molar-refractivity contribution in [3.05, 3.63) is 73.9 Å². The quantitative estimate of drug-likeness (QED) is 0.250. The van der Waals surface area contributed by atoms with E-state index in [1.807, 2.05) is 17.5 Å². The third-order valence-electron chi connectivity index (χ3n) is 6.69. The average Bonchev–Trinajstić information content (AvgIpc) is 3.57. The number of ether oxygens (including phenoxy) is 1. The van der Waals surface area contributed by atoms with Crippen LogP contribution in [-0.2, 0) is 28.0 Å². The summed E-state index contributed by atoms with van der Waals surface area (Å²) >= 11 is 1.59. The van der Waals surface area contributed by atoms with Gasteiger partial charge in [-0.1, -0.05) is 11.2 Å². The monoisotopic (exact) mass is 521 g/mol. The predicted molar refractivity (Wildman–Crippen MR) is 132 cm³/mol. The number of nitrogens with one attached hydrogen (secondary N) is 1. The molecule has 0 bridgehead atoms. The van der Waals surface area contributed by atoms with E-state index in [1.165, 1.54) is 26.8 Å². The molecule has 0 fully saturated rings. The van der Waals surface area contributed by atoms with E-state index in [-0.39, 0.29) is 57.7 Å². The van der Waals surface area contributed by atoms with Gasteiger partial charge in [-0.15, -0.1) is 11.3 Å². The minimum atomic E-state index is -1.58. The molecule has 0 amide bonds. The second kappa shape index (κ2) is 8.70. The van der Waals surface area contributed by atoms with Gasteiger partial charge in [0, 0.05) is 28.6 Å². The van der Waals surface area contributed by atoms with Gasteiger partial charge in [-0.2, -0.15) is 4.98 Å². The summed E-state index contributed by atoms with van der Waals surface area (Å²) < 4.78 is 11.1. The average molecular weight is 522 g/mol. The van der Waals surface area contributed by atoms with Crippen LogP contribution in [-0.4, -0.2) is 37.7 Å². The van der Waals surface area contributed by atoms with E-state index in [0.29, 0.717) is 12.2 Å². The topological polar surface area (TPSA) is 152 Å². The van der Waals surface area contributed by atoms with Crippen LogP contribution in [0, 0.1) is 6.92 Å². The van der Waals surface area contributed by atoms with Crippen LogP contribution in [0.1, 0.15) is 58.8 Å². The van der Waals surface area contributed by atoms with Crippen LogP contribution in [0.2, 0.25) is 0 Å². The Kier molecular flexibility index (Phi) is 5.75. The summed E-state index contributed by atoms with van der Waals surface area (Å²) in [6.45, 7) is 5.85. The fourth-order valence-electron chi connectivity index (χ4n) is 4.66. The highest BCUT2D eigenvalue weighted by Crippen LogP contribution is 2.57. The predicted octanol–water partition coefficient (Wildman–Crippen LogP) is 3.39. The standard InChI is InChI=1S/C26H23N3O7S/c1-11-22(32)20(13(3)30)24-21(23(11)33)26(4)16(35-24)9-15(31)19(25(26)34)12(2)27-10-18-28-17(29-36-18)8-14-6-5-7-37-14/h5-7,9,27,32-33H,8,10H2,1-4H3/t26-/m0/s1. The lowest BCUT2D eigenvalue weighted by Crippen LogP contribution is -2.41. The smallest absolute Gasteiger partial charge is 0.245 e. The Bertz CT molecular complexity index is 1550. The molecule has 2 aromatic heterocycles. The Hall–Kier alpha value is -4.25. The molecule has 10 nitrogen and oxygen atoms in total. The van der Waals surface area contributed by atoms with E-state index in [4.69, 9.17) is 9.26 Å². The Labute approximate surface area is 215 Å². The molecule has 1 aliphatic heterocycles. The normalized spacial score (nSPS) is 19.7. The lowest BCUT2D eigenvalue weighted by atomic mass is 9.70. The molecule has 1 aromatic carbocycles. The Morgan fingerprint density at radius 2 is 1.97 bits per heavy atom. The first-order valence-corrected chi connectivity index (χ1v) is 12.3. The first kappa shape index (κ1) is 24.4. The number of aromatic nitrogens is 2. The van der Waals surface area contributed by atoms with E-state index in [1.54, 1.807) is 18.3 Å². The maximum Gasteiger partial charge on any atom is 0.245 e. The van der Waals surface area contributed by atoms with Crippen LogP contribution in [0.4, 0.5) is 0 Å². The zero-order valence-electron chi connectivity index (χ0n) is 20.5. The first-order valence-electron chi connectivity index (χ1n) is 11.4. The van der Waals surface area contributed by atoms with Gasteiger partial charge in [0.1, 0.15) is 34.0 Å². The molecule has 5 rings (SSSR count). The number of aromatic hydroxyl groups is 2. The second-order valence-corrected chi connectivity index (χ2v) is 10.1. The van der Waals surface area contributed by atoms with Gasteiger partial charge in [0.05, 0.1) is 17.7 Å². The molecule has 3 N–H and O–H groups in total. The number of fused-ring (bicyclic) bond motifs is 3. The van der Waals surface area contributed by atoms with Gasteiger partial charge in [0.15, 0.2) is 23.2 Å². The van der Waals surface area contributed by atoms with Gasteiger partial charge in [-0.25, -0.2) is 0 Å². The van der Waals surface area contributed by atoms with Crippen molar-refractivity contribution in [2.24, 2.45) is 0 Å². The van der Waals surface area contributed by atoms with E-state index < -0.39 is 28.5 Å². The van der Waals surface area contributed by atoms with Gasteiger partial charge in [0.25, 0.3) is 0 Å². The highest BCUT2D eigenvalue weighted by atomic mass is 32.1. The Morgan fingerprint density at radius 3 is 2.65 bits per heavy atom. The zero-order valence-corrected chi connectivity index (χ0v) is 21.3. The number of Topliss-reactive ketones (excluding diaryl/α,β-unsaturated/α-hetero) is 2. The lowest BCUT2D eigenvalue weighted by molar-refractivity contribution is -0.123. The molecule has 0 spiro atoms. The number of hydrogen-bond donors (Lipinski definition) is 3. The molecule has 11 heteroatoms. The van der Waals surface area contributed by atoms with Crippen molar-refractivity contribution in [1.29, 1.82) is 0 Å². The van der Waals surface area contributed by atoms with Gasteiger partial charge < -0.3 is 24.8 Å². The van der Waals surface area contributed by atoms with Gasteiger partial charge in [-0.05, 0) is 39.1 Å². The van der Waals surface area contributed by atoms with E-state index in [9.17, 15) is 24.6 Å². The maximum absolute atomic E-state index is 13.8. The summed E-state index contributed by atoms with van der Waals surface area (Å²) in [5, 5.41) is 30.3. The number of carbonyl (C=O) groups is 3. The summed E-state index contributed by atoms with van der Waals surface area (Å²) in [5.74, 6) is -1.87. The molecule has 0 saturated heterocycles. The lowest BCUT2D eigenvalue weighted by Gasteiger charge is -2.29. The molecular formula is C26H23N3O7S. The number of phenolic OH excluding ortho intramolecular Hbond substituents is 2.